The lowest BCUT2D eigenvalue weighted by Gasteiger charge is -2.07. The Balaban J connectivity index is 0.00000225. The van der Waals surface area contributed by atoms with Crippen LogP contribution in [-0.2, 0) is 6.54 Å². The van der Waals surface area contributed by atoms with Gasteiger partial charge in [-0.1, -0.05) is 22.0 Å². The second-order valence-electron chi connectivity index (χ2n) is 5.12. The van der Waals surface area contributed by atoms with Crippen LogP contribution < -0.4 is 9.54 Å². The smallest absolute Gasteiger partial charge is 0.190 e. The lowest BCUT2D eigenvalue weighted by Crippen LogP contribution is -2.14. The van der Waals surface area contributed by atoms with Gasteiger partial charge in [-0.25, -0.2) is 4.99 Å². The topological polar surface area (TPSA) is 26.5 Å². The zero-order valence-corrected chi connectivity index (χ0v) is 17.8. The normalized spacial score (nSPS) is 11.0. The number of hydrogen-bond acceptors (Lipinski definition) is 3. The van der Waals surface area contributed by atoms with Crippen molar-refractivity contribution in [3.8, 4) is 17.0 Å². The summed E-state index contributed by atoms with van der Waals surface area (Å²) >= 11 is 5.07. The Morgan fingerprint density at radius 3 is 2.44 bits per heavy atom. The third-order valence-corrected chi connectivity index (χ3v) is 4.94. The molecule has 3 aromatic rings. The van der Waals surface area contributed by atoms with Gasteiger partial charge in [0.05, 0.1) is 18.5 Å². The summed E-state index contributed by atoms with van der Waals surface area (Å²) in [5, 5.41) is 2.13. The molecular formula is C19H18Br2N2OS. The van der Waals surface area contributed by atoms with E-state index in [-0.39, 0.29) is 17.0 Å². The molecule has 0 saturated carbocycles. The van der Waals surface area contributed by atoms with Gasteiger partial charge in [0, 0.05) is 16.4 Å². The fourth-order valence-electron chi connectivity index (χ4n) is 2.34. The van der Waals surface area contributed by atoms with E-state index in [1.54, 1.807) is 18.4 Å². The second kappa shape index (κ2) is 9.17. The van der Waals surface area contributed by atoms with E-state index in [2.05, 4.69) is 44.6 Å². The van der Waals surface area contributed by atoms with Gasteiger partial charge >= 0.3 is 0 Å². The number of hydrogen-bond donors (Lipinski definition) is 0. The van der Waals surface area contributed by atoms with Crippen LogP contribution in [0.15, 0.2) is 76.0 Å². The summed E-state index contributed by atoms with van der Waals surface area (Å²) < 4.78 is 8.45. The fraction of sp³-hybridized carbons (Fsp3) is 0.105. The standard InChI is InChI=1S/C19H17BrN2OS.BrH/c1-3-12-22-18(14-4-10-17(23-2)11-5-14)13-24-19(22)21-16-8-6-15(20)7-9-16;/h3-11,13H,1,12H2,2H3;1H. The van der Waals surface area contributed by atoms with Crippen molar-refractivity contribution in [2.45, 2.75) is 6.54 Å². The molecule has 0 amide bonds. The van der Waals surface area contributed by atoms with Gasteiger partial charge in [0.2, 0.25) is 0 Å². The van der Waals surface area contributed by atoms with Crippen LogP contribution in [0.3, 0.4) is 0 Å². The Hall–Kier alpha value is -1.63. The van der Waals surface area contributed by atoms with Gasteiger partial charge in [-0.05, 0) is 54.1 Å². The molecule has 0 aliphatic heterocycles. The van der Waals surface area contributed by atoms with Crippen molar-refractivity contribution >= 4 is 49.9 Å². The maximum absolute atomic E-state index is 5.23. The lowest BCUT2D eigenvalue weighted by molar-refractivity contribution is 0.415. The predicted molar refractivity (Wildman–Crippen MR) is 114 cm³/mol. The number of rotatable bonds is 5. The summed E-state index contributed by atoms with van der Waals surface area (Å²) in [6.45, 7) is 4.58. The fourth-order valence-corrected chi connectivity index (χ4v) is 3.55. The minimum atomic E-state index is 0. The van der Waals surface area contributed by atoms with Crippen molar-refractivity contribution in [1.82, 2.24) is 4.57 Å². The molecule has 130 valence electrons. The molecule has 0 unspecified atom stereocenters. The molecule has 0 radical (unpaired) electrons. The molecule has 0 bridgehead atoms. The first-order chi connectivity index (χ1) is 11.7. The molecule has 0 aliphatic rings. The highest BCUT2D eigenvalue weighted by Gasteiger charge is 2.07. The third kappa shape index (κ3) is 4.71. The van der Waals surface area contributed by atoms with Crippen LogP contribution in [0, 0.1) is 0 Å². The molecule has 0 fully saturated rings. The highest BCUT2D eigenvalue weighted by molar-refractivity contribution is 9.10. The molecule has 0 saturated heterocycles. The van der Waals surface area contributed by atoms with E-state index >= 15 is 0 Å². The SMILES string of the molecule is Br.C=CCn1c(-c2ccc(OC)cc2)csc1=Nc1ccc(Br)cc1. The number of aromatic nitrogens is 1. The van der Waals surface area contributed by atoms with Gasteiger partial charge < -0.3 is 9.30 Å². The van der Waals surface area contributed by atoms with Crippen molar-refractivity contribution in [2.75, 3.05) is 7.11 Å². The van der Waals surface area contributed by atoms with E-state index < -0.39 is 0 Å². The summed E-state index contributed by atoms with van der Waals surface area (Å²) in [6, 6.07) is 16.0. The molecule has 0 N–H and O–H groups in total. The second-order valence-corrected chi connectivity index (χ2v) is 6.87. The Morgan fingerprint density at radius 2 is 1.84 bits per heavy atom. The number of halogens is 2. The van der Waals surface area contributed by atoms with Crippen LogP contribution in [0.25, 0.3) is 11.3 Å². The van der Waals surface area contributed by atoms with Gasteiger partial charge in [-0.3, -0.25) is 0 Å². The summed E-state index contributed by atoms with van der Waals surface area (Å²) in [5.41, 5.74) is 3.18. The molecule has 1 heterocycles. The molecule has 0 atom stereocenters. The van der Waals surface area contributed by atoms with Crippen LogP contribution in [-0.4, -0.2) is 11.7 Å². The Kier molecular flexibility index (Phi) is 7.23. The highest BCUT2D eigenvalue weighted by atomic mass is 79.9. The Bertz CT molecular complexity index is 896. The van der Waals surface area contributed by atoms with Crippen LogP contribution in [0.5, 0.6) is 5.75 Å². The molecule has 2 aromatic carbocycles. The number of allylic oxidation sites excluding steroid dienone is 1. The largest absolute Gasteiger partial charge is 0.497 e. The molecular weight excluding hydrogens is 464 g/mol. The van der Waals surface area contributed by atoms with Crippen molar-refractivity contribution in [3.05, 3.63) is 75.8 Å². The van der Waals surface area contributed by atoms with Crippen LogP contribution in [0.4, 0.5) is 5.69 Å². The first kappa shape index (κ1) is 19.7. The average Bonchev–Trinajstić information content (AvgIpc) is 3.00. The summed E-state index contributed by atoms with van der Waals surface area (Å²) in [7, 11) is 1.67. The van der Waals surface area contributed by atoms with Crippen molar-refractivity contribution in [1.29, 1.82) is 0 Å². The van der Waals surface area contributed by atoms with Crippen molar-refractivity contribution in [2.24, 2.45) is 4.99 Å². The summed E-state index contributed by atoms with van der Waals surface area (Å²) in [5.74, 6) is 0.851. The van der Waals surface area contributed by atoms with Gasteiger partial charge in [0.25, 0.3) is 0 Å². The molecule has 3 rings (SSSR count). The van der Waals surface area contributed by atoms with Gasteiger partial charge in [-0.15, -0.1) is 34.9 Å². The summed E-state index contributed by atoms with van der Waals surface area (Å²) in [4.78, 5) is 5.72. The molecule has 1 aromatic heterocycles. The quantitative estimate of drug-likeness (QED) is 0.411. The molecule has 0 spiro atoms. The first-order valence-corrected chi connectivity index (χ1v) is 9.12. The van der Waals surface area contributed by atoms with Gasteiger partial charge in [0.1, 0.15) is 5.75 Å². The van der Waals surface area contributed by atoms with Gasteiger partial charge in [0.15, 0.2) is 4.80 Å². The zero-order valence-electron chi connectivity index (χ0n) is 13.7. The van der Waals surface area contributed by atoms with E-state index in [0.29, 0.717) is 6.54 Å². The Morgan fingerprint density at radius 1 is 1.16 bits per heavy atom. The molecule has 3 nitrogen and oxygen atoms in total. The minimum Gasteiger partial charge on any atom is -0.497 e. The first-order valence-electron chi connectivity index (χ1n) is 7.45. The van der Waals surface area contributed by atoms with Crippen molar-refractivity contribution < 1.29 is 4.74 Å². The van der Waals surface area contributed by atoms with Crippen molar-refractivity contribution in [3.63, 3.8) is 0 Å². The third-order valence-electron chi connectivity index (χ3n) is 3.55. The van der Waals surface area contributed by atoms with E-state index in [0.717, 1.165) is 32.0 Å². The lowest BCUT2D eigenvalue weighted by atomic mass is 10.1. The van der Waals surface area contributed by atoms with Crippen LogP contribution in [0.2, 0.25) is 0 Å². The number of methoxy groups -OCH3 is 1. The zero-order chi connectivity index (χ0) is 16.9. The molecule has 6 heteroatoms. The number of benzene rings is 2. The maximum atomic E-state index is 5.23. The Labute approximate surface area is 170 Å². The predicted octanol–water partition coefficient (Wildman–Crippen LogP) is 5.98. The number of nitrogens with zero attached hydrogens (tertiary/aromatic N) is 2. The highest BCUT2D eigenvalue weighted by Crippen LogP contribution is 2.24. The van der Waals surface area contributed by atoms with E-state index in [1.165, 1.54) is 0 Å². The number of ether oxygens (including phenoxy) is 1. The monoisotopic (exact) mass is 480 g/mol. The molecule has 25 heavy (non-hydrogen) atoms. The van der Waals surface area contributed by atoms with Crippen LogP contribution in [0.1, 0.15) is 0 Å². The maximum Gasteiger partial charge on any atom is 0.190 e. The number of thiazole rings is 1. The molecule has 0 aliphatic carbocycles. The van der Waals surface area contributed by atoms with Gasteiger partial charge in [-0.2, -0.15) is 0 Å². The minimum absolute atomic E-state index is 0. The van der Waals surface area contributed by atoms with E-state index in [4.69, 9.17) is 9.73 Å². The van der Waals surface area contributed by atoms with Crippen LogP contribution >= 0.6 is 44.2 Å². The van der Waals surface area contributed by atoms with E-state index in [9.17, 15) is 0 Å². The van der Waals surface area contributed by atoms with E-state index in [1.807, 2.05) is 42.5 Å². The average molecular weight is 482 g/mol. The summed E-state index contributed by atoms with van der Waals surface area (Å²) in [6.07, 6.45) is 1.89.